The number of pyridine rings is 1. The van der Waals surface area contributed by atoms with Crippen LogP contribution in [0.25, 0.3) is 11.1 Å². The van der Waals surface area contributed by atoms with Gasteiger partial charge < -0.3 is 9.72 Å². The third-order valence-corrected chi connectivity index (χ3v) is 3.03. The molecule has 0 aliphatic carbocycles. The number of carbonyl (C=O) groups is 1. The summed E-state index contributed by atoms with van der Waals surface area (Å²) in [5, 5.41) is 1.76. The minimum atomic E-state index is -0.386. The molecule has 0 atom stereocenters. The van der Waals surface area contributed by atoms with Crippen LogP contribution in [0.4, 0.5) is 0 Å². The van der Waals surface area contributed by atoms with Gasteiger partial charge in [0.25, 0.3) is 5.56 Å². The fourth-order valence-corrected chi connectivity index (χ4v) is 2.16. The first-order chi connectivity index (χ1) is 7.72. The number of hydrogen-bond donors (Lipinski definition) is 1. The van der Waals surface area contributed by atoms with Crippen molar-refractivity contribution >= 4 is 17.3 Å². The van der Waals surface area contributed by atoms with Crippen LogP contribution >= 0.6 is 11.3 Å². The summed E-state index contributed by atoms with van der Waals surface area (Å²) in [5.41, 5.74) is 1.11. The van der Waals surface area contributed by atoms with E-state index in [9.17, 15) is 9.59 Å². The van der Waals surface area contributed by atoms with Crippen LogP contribution in [0.5, 0.6) is 0 Å². The van der Waals surface area contributed by atoms with Gasteiger partial charge in [-0.3, -0.25) is 4.79 Å². The maximum Gasteiger partial charge on any atom is 0.348 e. The van der Waals surface area contributed by atoms with Crippen molar-refractivity contribution in [1.29, 1.82) is 0 Å². The molecule has 2 aromatic rings. The fraction of sp³-hybridized carbons (Fsp3) is 0.0909. The molecule has 2 aromatic heterocycles. The Morgan fingerprint density at radius 2 is 2.31 bits per heavy atom. The molecule has 0 radical (unpaired) electrons. The van der Waals surface area contributed by atoms with Gasteiger partial charge in [0, 0.05) is 11.8 Å². The molecular formula is C11H9NO3S. The quantitative estimate of drug-likeness (QED) is 0.808. The van der Waals surface area contributed by atoms with Crippen molar-refractivity contribution in [2.24, 2.45) is 0 Å². The lowest BCUT2D eigenvalue weighted by atomic mass is 10.1. The maximum absolute atomic E-state index is 11.5. The van der Waals surface area contributed by atoms with Crippen molar-refractivity contribution in [2.45, 2.75) is 0 Å². The number of ether oxygens (including phenoxy) is 1. The number of rotatable bonds is 2. The van der Waals surface area contributed by atoms with Gasteiger partial charge in [0.05, 0.1) is 7.11 Å². The summed E-state index contributed by atoms with van der Waals surface area (Å²) in [5.74, 6) is -0.386. The number of thiophene rings is 1. The van der Waals surface area contributed by atoms with E-state index in [0.29, 0.717) is 10.4 Å². The molecule has 0 aliphatic heterocycles. The average molecular weight is 235 g/mol. The Labute approximate surface area is 95.5 Å². The third kappa shape index (κ3) is 1.90. The lowest BCUT2D eigenvalue weighted by Gasteiger charge is -1.94. The van der Waals surface area contributed by atoms with Crippen molar-refractivity contribution in [3.63, 3.8) is 0 Å². The predicted molar refractivity (Wildman–Crippen MR) is 61.7 cm³/mol. The largest absolute Gasteiger partial charge is 0.465 e. The van der Waals surface area contributed by atoms with Gasteiger partial charge in [-0.1, -0.05) is 0 Å². The molecule has 0 saturated carbocycles. The average Bonchev–Trinajstić information content (AvgIpc) is 2.78. The first-order valence-corrected chi connectivity index (χ1v) is 5.45. The summed E-state index contributed by atoms with van der Waals surface area (Å²) < 4.78 is 4.60. The molecule has 4 nitrogen and oxygen atoms in total. The smallest absolute Gasteiger partial charge is 0.348 e. The van der Waals surface area contributed by atoms with E-state index in [-0.39, 0.29) is 11.5 Å². The molecule has 16 heavy (non-hydrogen) atoms. The van der Waals surface area contributed by atoms with Gasteiger partial charge >= 0.3 is 5.97 Å². The molecule has 2 rings (SSSR count). The second kappa shape index (κ2) is 4.32. The van der Waals surface area contributed by atoms with Crippen LogP contribution in [0, 0.1) is 0 Å². The van der Waals surface area contributed by atoms with Crippen LogP contribution in [0.15, 0.2) is 34.6 Å². The number of nitrogens with one attached hydrogen (secondary N) is 1. The Kier molecular flexibility index (Phi) is 2.87. The monoisotopic (exact) mass is 235 g/mol. The molecule has 0 spiro atoms. The molecule has 5 heteroatoms. The zero-order chi connectivity index (χ0) is 11.5. The highest BCUT2D eigenvalue weighted by Crippen LogP contribution is 2.23. The van der Waals surface area contributed by atoms with Crippen molar-refractivity contribution in [2.75, 3.05) is 7.11 Å². The molecule has 0 aliphatic rings. The lowest BCUT2D eigenvalue weighted by Crippen LogP contribution is -2.06. The number of hydrogen-bond acceptors (Lipinski definition) is 4. The topological polar surface area (TPSA) is 59.2 Å². The molecule has 0 fully saturated rings. The van der Waals surface area contributed by atoms with E-state index in [1.807, 2.05) is 0 Å². The van der Waals surface area contributed by atoms with E-state index in [1.54, 1.807) is 29.8 Å². The van der Waals surface area contributed by atoms with Crippen molar-refractivity contribution in [1.82, 2.24) is 4.98 Å². The predicted octanol–water partition coefficient (Wildman–Crippen LogP) is 1.89. The summed E-state index contributed by atoms with van der Waals surface area (Å²) >= 11 is 1.26. The van der Waals surface area contributed by atoms with E-state index in [0.717, 1.165) is 5.56 Å². The van der Waals surface area contributed by atoms with Gasteiger partial charge in [0.2, 0.25) is 0 Å². The Hall–Kier alpha value is -1.88. The SMILES string of the molecule is COC(=O)c1cc(-c2ccc[nH]c2=O)cs1. The van der Waals surface area contributed by atoms with E-state index >= 15 is 0 Å². The van der Waals surface area contributed by atoms with Crippen LogP contribution in [0.2, 0.25) is 0 Å². The van der Waals surface area contributed by atoms with Gasteiger partial charge in [-0.15, -0.1) is 11.3 Å². The molecule has 0 amide bonds. The van der Waals surface area contributed by atoms with Crippen molar-refractivity contribution in [3.05, 3.63) is 45.0 Å². The number of methoxy groups -OCH3 is 1. The number of aromatic amines is 1. The normalized spacial score (nSPS) is 10.1. The molecule has 0 saturated heterocycles. The number of H-pyrrole nitrogens is 1. The third-order valence-electron chi connectivity index (χ3n) is 2.12. The van der Waals surface area contributed by atoms with Gasteiger partial charge in [-0.2, -0.15) is 0 Å². The fourth-order valence-electron chi connectivity index (χ4n) is 1.33. The maximum atomic E-state index is 11.5. The van der Waals surface area contributed by atoms with Crippen molar-refractivity contribution < 1.29 is 9.53 Å². The summed E-state index contributed by atoms with van der Waals surface area (Å²) in [6.45, 7) is 0. The van der Waals surface area contributed by atoms with Crippen LogP contribution < -0.4 is 5.56 Å². The van der Waals surface area contributed by atoms with Crippen LogP contribution in [0.3, 0.4) is 0 Å². The molecule has 0 unspecified atom stereocenters. The summed E-state index contributed by atoms with van der Waals surface area (Å²) in [6, 6.07) is 5.11. The number of carbonyl (C=O) groups excluding carboxylic acids is 1. The highest BCUT2D eigenvalue weighted by atomic mass is 32.1. The minimum Gasteiger partial charge on any atom is -0.465 e. The highest BCUT2D eigenvalue weighted by Gasteiger charge is 2.11. The van der Waals surface area contributed by atoms with E-state index in [1.165, 1.54) is 18.4 Å². The summed E-state index contributed by atoms with van der Waals surface area (Å²) in [7, 11) is 1.33. The second-order valence-corrected chi connectivity index (χ2v) is 4.02. The first-order valence-electron chi connectivity index (χ1n) is 4.57. The Balaban J connectivity index is 2.43. The molecular weight excluding hydrogens is 226 g/mol. The van der Waals surface area contributed by atoms with E-state index < -0.39 is 0 Å². The standard InChI is InChI=1S/C11H9NO3S/c1-15-11(14)9-5-7(6-16-9)8-3-2-4-12-10(8)13/h2-6H,1H3,(H,12,13). The van der Waals surface area contributed by atoms with Gasteiger partial charge in [-0.05, 0) is 29.1 Å². The molecule has 0 aromatic carbocycles. The summed E-state index contributed by atoms with van der Waals surface area (Å²) in [6.07, 6.45) is 1.57. The first kappa shape index (κ1) is 10.6. The van der Waals surface area contributed by atoms with Crippen LogP contribution in [-0.2, 0) is 4.74 Å². The second-order valence-electron chi connectivity index (χ2n) is 3.10. The molecule has 82 valence electrons. The zero-order valence-corrected chi connectivity index (χ0v) is 9.34. The van der Waals surface area contributed by atoms with E-state index in [2.05, 4.69) is 9.72 Å². The lowest BCUT2D eigenvalue weighted by molar-refractivity contribution is 0.0606. The Morgan fingerprint density at radius 1 is 1.50 bits per heavy atom. The van der Waals surface area contributed by atoms with Gasteiger partial charge in [-0.25, -0.2) is 4.79 Å². The Bertz CT molecular complexity index is 570. The van der Waals surface area contributed by atoms with Crippen LogP contribution in [0.1, 0.15) is 9.67 Å². The molecule has 2 heterocycles. The van der Waals surface area contributed by atoms with Crippen LogP contribution in [-0.4, -0.2) is 18.1 Å². The molecule has 1 N–H and O–H groups in total. The number of esters is 1. The van der Waals surface area contributed by atoms with Gasteiger partial charge in [0.1, 0.15) is 4.88 Å². The zero-order valence-electron chi connectivity index (χ0n) is 8.52. The van der Waals surface area contributed by atoms with Crippen molar-refractivity contribution in [3.8, 4) is 11.1 Å². The minimum absolute atomic E-state index is 0.170. The summed E-state index contributed by atoms with van der Waals surface area (Å²) in [4.78, 5) is 25.8. The van der Waals surface area contributed by atoms with E-state index in [4.69, 9.17) is 0 Å². The molecule has 0 bridgehead atoms. The highest BCUT2D eigenvalue weighted by molar-refractivity contribution is 7.12. The number of aromatic nitrogens is 1. The Morgan fingerprint density at radius 3 is 3.00 bits per heavy atom. The van der Waals surface area contributed by atoms with Gasteiger partial charge in [0.15, 0.2) is 0 Å².